The fraction of sp³-hybridized carbons (Fsp3) is 0.533. The number of allylic oxidation sites excluding steroid dienone is 1. The number of benzene rings is 2. The number of rotatable bonds is 8. The molecule has 2 aromatic heterocycles. The van der Waals surface area contributed by atoms with Crippen LogP contribution in [-0.4, -0.2) is 102 Å². The third-order valence-electron chi connectivity index (χ3n) is 13.5. The first-order valence-electron chi connectivity index (χ1n) is 21.3. The summed E-state index contributed by atoms with van der Waals surface area (Å²) in [6, 6.07) is 12.1. The molecule has 4 aromatic rings. The van der Waals surface area contributed by atoms with Gasteiger partial charge in [0.1, 0.15) is 5.75 Å². The van der Waals surface area contributed by atoms with Gasteiger partial charge in [-0.1, -0.05) is 25.3 Å². The van der Waals surface area contributed by atoms with Crippen LogP contribution in [0.3, 0.4) is 0 Å². The minimum Gasteiger partial charge on any atom is -0.497 e. The summed E-state index contributed by atoms with van der Waals surface area (Å²) in [6.45, 7) is 6.51. The van der Waals surface area contributed by atoms with Gasteiger partial charge in [-0.05, 0) is 138 Å². The van der Waals surface area contributed by atoms with Crippen molar-refractivity contribution in [3.05, 3.63) is 70.5 Å². The van der Waals surface area contributed by atoms with Crippen molar-refractivity contribution in [3.63, 3.8) is 0 Å². The van der Waals surface area contributed by atoms with Crippen LogP contribution >= 0.6 is 0 Å². The Kier molecular flexibility index (Phi) is 10.5. The smallest absolute Gasteiger partial charge is 0.264 e. The maximum Gasteiger partial charge on any atom is 0.264 e. The lowest BCUT2D eigenvalue weighted by Crippen LogP contribution is -2.57. The van der Waals surface area contributed by atoms with Crippen LogP contribution in [-0.2, 0) is 21.3 Å². The molecular formula is C45H56N6O6S. The molecule has 1 N–H and O–H groups in total. The van der Waals surface area contributed by atoms with Crippen molar-refractivity contribution in [2.75, 3.05) is 40.5 Å². The van der Waals surface area contributed by atoms with Crippen LogP contribution in [0.15, 0.2) is 42.6 Å². The monoisotopic (exact) mass is 808 g/mol. The van der Waals surface area contributed by atoms with Crippen molar-refractivity contribution in [1.29, 1.82) is 0 Å². The van der Waals surface area contributed by atoms with Crippen molar-refractivity contribution < 1.29 is 27.5 Å². The Morgan fingerprint density at radius 2 is 1.64 bits per heavy atom. The number of carbonyl (C=O) groups is 2. The highest BCUT2D eigenvalue weighted by atomic mass is 32.2. The molecule has 4 fully saturated rings. The fourth-order valence-corrected chi connectivity index (χ4v) is 10.9. The molecule has 12 nitrogen and oxygen atoms in total. The summed E-state index contributed by atoms with van der Waals surface area (Å²) in [5.74, 6) is 0.413. The maximum absolute atomic E-state index is 15.1. The van der Waals surface area contributed by atoms with Crippen LogP contribution in [0.25, 0.3) is 33.8 Å². The molecule has 5 aliphatic rings. The second-order valence-corrected chi connectivity index (χ2v) is 19.7. The molecule has 4 aliphatic heterocycles. The zero-order chi connectivity index (χ0) is 40.3. The van der Waals surface area contributed by atoms with Crippen LogP contribution < -0.4 is 9.46 Å². The first-order valence-corrected chi connectivity index (χ1v) is 22.8. The van der Waals surface area contributed by atoms with E-state index in [1.807, 2.05) is 18.2 Å². The molecule has 2 aromatic carbocycles. The number of methoxy groups -OCH3 is 1. The Morgan fingerprint density at radius 3 is 2.34 bits per heavy atom. The molecule has 0 spiro atoms. The Bertz CT molecular complexity index is 2360. The van der Waals surface area contributed by atoms with E-state index in [0.29, 0.717) is 31.2 Å². The third kappa shape index (κ3) is 6.96. The molecule has 2 atom stereocenters. The van der Waals surface area contributed by atoms with Gasteiger partial charge < -0.3 is 23.8 Å². The molecule has 1 saturated carbocycles. The first-order chi connectivity index (χ1) is 28.0. The molecule has 308 valence electrons. The highest BCUT2D eigenvalue weighted by molar-refractivity contribution is 7.90. The van der Waals surface area contributed by atoms with E-state index in [0.717, 1.165) is 116 Å². The lowest BCUT2D eigenvalue weighted by atomic mass is 9.81. The minimum absolute atomic E-state index is 0.00833. The molecule has 3 saturated heterocycles. The Balaban J connectivity index is 1.26. The number of ether oxygens (including phenoxy) is 2. The number of morpholine rings is 1. The van der Waals surface area contributed by atoms with E-state index < -0.39 is 21.2 Å². The average molecular weight is 809 g/mol. The summed E-state index contributed by atoms with van der Waals surface area (Å²) in [6.07, 6.45) is 14.4. The second kappa shape index (κ2) is 15.6. The zero-order valence-electron chi connectivity index (χ0n) is 34.2. The number of carbonyl (C=O) groups excluding carboxylic acids is 2. The topological polar surface area (TPSA) is 128 Å². The molecule has 1 aliphatic carbocycles. The van der Waals surface area contributed by atoms with Crippen LogP contribution in [0.2, 0.25) is 0 Å². The van der Waals surface area contributed by atoms with Crippen molar-refractivity contribution in [2.24, 2.45) is 0 Å². The van der Waals surface area contributed by atoms with Crippen LogP contribution in [0, 0.1) is 0 Å². The van der Waals surface area contributed by atoms with Crippen LogP contribution in [0.5, 0.6) is 5.75 Å². The molecule has 58 heavy (non-hydrogen) atoms. The predicted octanol–water partition coefficient (Wildman–Crippen LogP) is 7.24. The van der Waals surface area contributed by atoms with Crippen molar-refractivity contribution in [3.8, 4) is 17.0 Å². The summed E-state index contributed by atoms with van der Waals surface area (Å²) in [5.41, 5.74) is 7.95. The molecule has 2 unspecified atom stereocenters. The molecular weight excluding hydrogens is 753 g/mol. The van der Waals surface area contributed by atoms with E-state index >= 15 is 4.79 Å². The van der Waals surface area contributed by atoms with Gasteiger partial charge in [0.2, 0.25) is 10.0 Å². The van der Waals surface area contributed by atoms with Gasteiger partial charge in [-0.25, -0.2) is 13.1 Å². The number of sulfonamides is 1. The van der Waals surface area contributed by atoms with Crippen LogP contribution in [0.1, 0.15) is 128 Å². The normalized spacial score (nSPS) is 22.0. The highest BCUT2D eigenvalue weighted by Crippen LogP contribution is 2.48. The lowest BCUT2D eigenvalue weighted by molar-refractivity contribution is -0.0566. The summed E-state index contributed by atoms with van der Waals surface area (Å²) >= 11 is 0. The number of likely N-dealkylation sites (tertiary alicyclic amines) is 1. The summed E-state index contributed by atoms with van der Waals surface area (Å²) in [4.78, 5) is 33.2. The zero-order valence-corrected chi connectivity index (χ0v) is 35.0. The number of fused-ring (bicyclic) bond motifs is 7. The van der Waals surface area contributed by atoms with Gasteiger partial charge in [0.15, 0.2) is 0 Å². The Hall–Kier alpha value is -4.46. The summed E-state index contributed by atoms with van der Waals surface area (Å²) in [7, 11) is -0.0120. The first kappa shape index (κ1) is 39.0. The average Bonchev–Trinajstić information content (AvgIpc) is 3.75. The quantitative estimate of drug-likeness (QED) is 0.197. The second-order valence-electron chi connectivity index (χ2n) is 17.4. The number of hydrogen-bond acceptors (Lipinski definition) is 8. The largest absolute Gasteiger partial charge is 0.497 e. The van der Waals surface area contributed by atoms with Gasteiger partial charge in [-0.15, -0.1) is 0 Å². The maximum atomic E-state index is 15.1. The van der Waals surface area contributed by atoms with E-state index in [4.69, 9.17) is 14.6 Å². The third-order valence-corrected chi connectivity index (χ3v) is 15.2. The van der Waals surface area contributed by atoms with Crippen molar-refractivity contribution >= 4 is 44.4 Å². The molecule has 6 heterocycles. The van der Waals surface area contributed by atoms with Crippen molar-refractivity contribution in [2.45, 2.75) is 114 Å². The summed E-state index contributed by atoms with van der Waals surface area (Å²) in [5, 5.41) is 5.39. The van der Waals surface area contributed by atoms with Gasteiger partial charge in [-0.2, -0.15) is 5.10 Å². The Morgan fingerprint density at radius 1 is 0.897 bits per heavy atom. The highest BCUT2D eigenvalue weighted by Gasteiger charge is 2.41. The molecule has 2 amide bonds. The van der Waals surface area contributed by atoms with Crippen LogP contribution in [0.4, 0.5) is 0 Å². The number of nitrogens with zero attached hydrogens (tertiary/aromatic N) is 5. The molecule has 9 rings (SSSR count). The van der Waals surface area contributed by atoms with E-state index in [-0.39, 0.29) is 29.6 Å². The van der Waals surface area contributed by atoms with E-state index in [1.54, 1.807) is 33.2 Å². The van der Waals surface area contributed by atoms with E-state index in [2.05, 4.69) is 49.0 Å². The van der Waals surface area contributed by atoms with Gasteiger partial charge in [-0.3, -0.25) is 14.3 Å². The number of aromatic nitrogens is 3. The number of amides is 2. The Labute approximate surface area is 341 Å². The molecule has 2 bridgehead atoms. The van der Waals surface area contributed by atoms with Gasteiger partial charge in [0, 0.05) is 22.0 Å². The van der Waals surface area contributed by atoms with Gasteiger partial charge in [0.25, 0.3) is 11.8 Å². The molecule has 13 heteroatoms. The lowest BCUT2D eigenvalue weighted by Gasteiger charge is -2.45. The number of hydrogen-bond donors (Lipinski definition) is 1. The van der Waals surface area contributed by atoms with Gasteiger partial charge >= 0.3 is 0 Å². The van der Waals surface area contributed by atoms with E-state index in [9.17, 15) is 13.2 Å². The standard InChI is InChI=1S/C45H56N6O6S/c1-28(2)58(54,55)47-44(52)30-13-15-38-40(23-30)49-25-32(21-31-22-36(56-4)14-16-37(31)43(49)41(38)29-9-6-5-7-10-29)42-39(24-46-51(42)33-17-19-48(3)20-18-33)45(53)50-34-11-8-12-35(50)27-57-26-34/h13-16,21-24,28-29,33-35H,5-12,17-20,25-27H2,1-4H3,(H,47,52). The SMILES string of the molecule is COc1ccc2c(c1)C=C(c1c(C(=O)N3C4CCCC3COC4)cnn1C1CCN(C)CC1)Cn1c-2c(C2CCCCC2)c2ccc(C(=O)NS(=O)(=O)C(C)C)cc21. The minimum atomic E-state index is -3.85. The summed E-state index contributed by atoms with van der Waals surface area (Å²) < 4.78 is 44.3. The fourth-order valence-electron chi connectivity index (χ4n) is 10.3. The molecule has 0 radical (unpaired) electrons. The number of nitrogens with one attached hydrogen (secondary N) is 1. The van der Waals surface area contributed by atoms with Gasteiger partial charge in [0.05, 0.1) is 73.4 Å². The van der Waals surface area contributed by atoms with Crippen molar-refractivity contribution in [1.82, 2.24) is 28.9 Å². The predicted molar refractivity (Wildman–Crippen MR) is 226 cm³/mol. The van der Waals surface area contributed by atoms with E-state index in [1.165, 1.54) is 12.0 Å². The number of piperidine rings is 2.